The second-order valence-electron chi connectivity index (χ2n) is 16.0. The number of nitrogens with zero attached hydrogens (tertiary/aromatic N) is 2. The molecule has 0 amide bonds. The fraction of sp³-hybridized carbons (Fsp3) is 0.565. The van der Waals surface area contributed by atoms with Crippen LogP contribution in [0.2, 0.25) is 0 Å². The van der Waals surface area contributed by atoms with E-state index < -0.39 is 0 Å². The van der Waals surface area contributed by atoms with Gasteiger partial charge in [0.1, 0.15) is 11.5 Å². The number of unbranched alkanes of at least 4 members (excludes halogenated alkanes) is 10. The third-order valence-electron chi connectivity index (χ3n) is 10.6. The molecular weight excluding hydrogens is 613 g/mol. The lowest BCUT2D eigenvalue weighted by atomic mass is 9.92. The molecule has 0 aromatic heterocycles. The van der Waals surface area contributed by atoms with Crippen LogP contribution in [-0.2, 0) is 0 Å². The van der Waals surface area contributed by atoms with Crippen LogP contribution >= 0.6 is 0 Å². The highest BCUT2D eigenvalue weighted by atomic mass is 16.5. The molecule has 0 spiro atoms. The Morgan fingerprint density at radius 2 is 0.760 bits per heavy atom. The molecule has 0 aliphatic carbocycles. The zero-order valence-electron chi connectivity index (χ0n) is 32.8. The summed E-state index contributed by atoms with van der Waals surface area (Å²) in [5.74, 6) is 1.89. The van der Waals surface area contributed by atoms with E-state index in [1.54, 1.807) is 0 Å². The molecule has 0 unspecified atom stereocenters. The van der Waals surface area contributed by atoms with Gasteiger partial charge in [-0.15, -0.1) is 0 Å². The molecule has 274 valence electrons. The van der Waals surface area contributed by atoms with Crippen LogP contribution in [0.1, 0.15) is 104 Å². The van der Waals surface area contributed by atoms with Crippen LogP contribution in [0.5, 0.6) is 11.5 Å². The molecule has 50 heavy (non-hydrogen) atoms. The van der Waals surface area contributed by atoms with Crippen LogP contribution in [0.15, 0.2) is 72.8 Å². The number of ether oxygens (including phenoxy) is 2. The lowest BCUT2D eigenvalue weighted by Crippen LogP contribution is -2.41. The van der Waals surface area contributed by atoms with Crippen molar-refractivity contribution >= 4 is 21.5 Å². The van der Waals surface area contributed by atoms with E-state index in [0.29, 0.717) is 13.2 Å². The van der Waals surface area contributed by atoms with Crippen molar-refractivity contribution in [3.63, 3.8) is 0 Å². The van der Waals surface area contributed by atoms with Gasteiger partial charge in [0.15, 0.2) is 0 Å². The lowest BCUT2D eigenvalue weighted by Gasteiger charge is -2.30. The van der Waals surface area contributed by atoms with Gasteiger partial charge in [-0.2, -0.15) is 0 Å². The van der Waals surface area contributed by atoms with Crippen molar-refractivity contribution in [2.75, 3.05) is 67.6 Å². The van der Waals surface area contributed by atoms with E-state index in [9.17, 15) is 0 Å². The molecule has 0 bridgehead atoms. The second-order valence-corrected chi connectivity index (χ2v) is 16.0. The van der Waals surface area contributed by atoms with Crippen molar-refractivity contribution < 1.29 is 18.4 Å². The summed E-state index contributed by atoms with van der Waals surface area (Å²) in [5.41, 5.74) is 2.30. The monoisotopic (exact) mass is 683 g/mol. The molecule has 4 heteroatoms. The van der Waals surface area contributed by atoms with E-state index in [1.165, 1.54) is 112 Å². The Bertz CT molecular complexity index is 1440. The fourth-order valence-corrected chi connectivity index (χ4v) is 7.47. The number of fused-ring (bicyclic) bond motifs is 2. The average molecular weight is 683 g/mol. The summed E-state index contributed by atoms with van der Waals surface area (Å²) in [5, 5.41) is 4.86. The van der Waals surface area contributed by atoms with Gasteiger partial charge in [-0.3, -0.25) is 0 Å². The Morgan fingerprint density at radius 1 is 0.400 bits per heavy atom. The van der Waals surface area contributed by atoms with E-state index in [2.05, 4.69) is 115 Å². The quantitative estimate of drug-likeness (QED) is 0.0512. The molecule has 0 heterocycles. The van der Waals surface area contributed by atoms with Gasteiger partial charge < -0.3 is 18.4 Å². The van der Waals surface area contributed by atoms with Crippen molar-refractivity contribution in [2.24, 2.45) is 0 Å². The maximum absolute atomic E-state index is 6.74. The molecule has 0 N–H and O–H groups in total. The maximum atomic E-state index is 6.74. The Hall–Kier alpha value is -3.08. The van der Waals surface area contributed by atoms with Crippen LogP contribution in [0.4, 0.5) is 0 Å². The maximum Gasteiger partial charge on any atom is 0.127 e. The highest BCUT2D eigenvalue weighted by Gasteiger charge is 2.21. The first kappa shape index (κ1) is 39.7. The second kappa shape index (κ2) is 20.7. The normalized spacial score (nSPS) is 12.2. The molecule has 0 fully saturated rings. The lowest BCUT2D eigenvalue weighted by molar-refractivity contribution is -0.890. The predicted octanol–water partition coefficient (Wildman–Crippen LogP) is 12.1. The first-order valence-electron chi connectivity index (χ1n) is 20.2. The van der Waals surface area contributed by atoms with Crippen LogP contribution < -0.4 is 9.47 Å². The number of quaternary nitrogens is 2. The summed E-state index contributed by atoms with van der Waals surface area (Å²) in [6.07, 6.45) is 18.3. The summed E-state index contributed by atoms with van der Waals surface area (Å²) in [6.45, 7) is 10.7. The number of hydrogen-bond donors (Lipinski definition) is 0. The molecule has 0 atom stereocenters. The van der Waals surface area contributed by atoms with Gasteiger partial charge in [-0.1, -0.05) is 126 Å². The van der Waals surface area contributed by atoms with E-state index in [-0.39, 0.29) is 0 Å². The van der Waals surface area contributed by atoms with Crippen molar-refractivity contribution in [3.05, 3.63) is 72.8 Å². The third kappa shape index (κ3) is 12.6. The first-order valence-corrected chi connectivity index (χ1v) is 20.2. The van der Waals surface area contributed by atoms with Crippen molar-refractivity contribution in [1.29, 1.82) is 0 Å². The molecule has 4 aromatic carbocycles. The Labute approximate surface area is 306 Å². The smallest absolute Gasteiger partial charge is 0.127 e. The molecule has 0 saturated carbocycles. The molecule has 0 aliphatic rings. The average Bonchev–Trinajstić information content (AvgIpc) is 3.11. The molecule has 0 radical (unpaired) electrons. The van der Waals surface area contributed by atoms with E-state index in [1.807, 2.05) is 0 Å². The summed E-state index contributed by atoms with van der Waals surface area (Å²) in [7, 11) is 9.51. The van der Waals surface area contributed by atoms with Crippen LogP contribution in [0.3, 0.4) is 0 Å². The zero-order valence-corrected chi connectivity index (χ0v) is 32.8. The molecular formula is C46H70N2O2+2. The predicted molar refractivity (Wildman–Crippen MR) is 218 cm³/mol. The van der Waals surface area contributed by atoms with Crippen molar-refractivity contribution in [3.8, 4) is 22.6 Å². The summed E-state index contributed by atoms with van der Waals surface area (Å²) >= 11 is 0. The SMILES string of the molecule is CCCCCCCC[N+](C)(C)CCCOc1ccc2ccccc2c1-c1c(OCCC[N+](C)(C)CCCCCCCC)ccc2ccccc12. The summed E-state index contributed by atoms with van der Waals surface area (Å²) in [6, 6.07) is 26.2. The number of benzene rings is 4. The Kier molecular flexibility index (Phi) is 16.4. The Balaban J connectivity index is 1.47. The van der Waals surface area contributed by atoms with Gasteiger partial charge in [0.05, 0.1) is 67.6 Å². The van der Waals surface area contributed by atoms with Gasteiger partial charge in [0.2, 0.25) is 0 Å². The summed E-state index contributed by atoms with van der Waals surface area (Å²) < 4.78 is 15.6. The van der Waals surface area contributed by atoms with E-state index in [0.717, 1.165) is 57.5 Å². The minimum absolute atomic E-state index is 0.704. The first-order chi connectivity index (χ1) is 24.2. The molecule has 4 nitrogen and oxygen atoms in total. The molecule has 0 saturated heterocycles. The van der Waals surface area contributed by atoms with E-state index in [4.69, 9.17) is 9.47 Å². The summed E-state index contributed by atoms with van der Waals surface area (Å²) in [4.78, 5) is 0. The van der Waals surface area contributed by atoms with Gasteiger partial charge in [0, 0.05) is 24.0 Å². The minimum atomic E-state index is 0.704. The highest BCUT2D eigenvalue weighted by molar-refractivity contribution is 6.09. The van der Waals surface area contributed by atoms with Gasteiger partial charge in [-0.25, -0.2) is 0 Å². The van der Waals surface area contributed by atoms with Gasteiger partial charge in [0.25, 0.3) is 0 Å². The highest BCUT2D eigenvalue weighted by Crippen LogP contribution is 2.45. The van der Waals surface area contributed by atoms with Crippen molar-refractivity contribution in [1.82, 2.24) is 0 Å². The largest absolute Gasteiger partial charge is 0.493 e. The van der Waals surface area contributed by atoms with Crippen LogP contribution in [-0.4, -0.2) is 76.5 Å². The van der Waals surface area contributed by atoms with Crippen LogP contribution in [0, 0.1) is 0 Å². The van der Waals surface area contributed by atoms with E-state index >= 15 is 0 Å². The van der Waals surface area contributed by atoms with Gasteiger partial charge in [-0.05, 0) is 59.4 Å². The zero-order chi connectivity index (χ0) is 35.7. The fourth-order valence-electron chi connectivity index (χ4n) is 7.47. The molecule has 4 aromatic rings. The topological polar surface area (TPSA) is 18.5 Å². The minimum Gasteiger partial charge on any atom is -0.493 e. The van der Waals surface area contributed by atoms with Crippen LogP contribution in [0.25, 0.3) is 32.7 Å². The molecule has 0 aliphatic heterocycles. The standard InChI is InChI=1S/C46H70N2O2/c1-7-9-11-13-15-21-33-47(3,4)35-23-37-49-43-31-29-39-25-17-19-27-41(39)45(43)46-42-28-20-18-26-40(42)30-32-44(46)50-38-24-36-48(5,6)34-22-16-14-12-10-8-2/h17-20,25-32H,7-16,21-24,33-38H2,1-6H3/q+2. The Morgan fingerprint density at radius 3 is 1.18 bits per heavy atom. The number of rotatable bonds is 25. The van der Waals surface area contributed by atoms with Gasteiger partial charge >= 0.3 is 0 Å². The van der Waals surface area contributed by atoms with Crippen molar-refractivity contribution in [2.45, 2.75) is 104 Å². The molecule has 4 rings (SSSR count). The number of hydrogen-bond acceptors (Lipinski definition) is 2. The third-order valence-corrected chi connectivity index (χ3v) is 10.6.